The standard InChI is InChI=1S/C36H19N3S/c1-2-10-21-20(9-1)22-13-7-14-25-32(22)26(21)19-29-33(25)23-11-3-5-16-28(23)39(29)36-37-27-15-8-18-31-34(27)35(38-36)24-12-4-6-17-30(24)40-31/h1-19H. The summed E-state index contributed by atoms with van der Waals surface area (Å²) in [5.41, 5.74) is 10.6. The van der Waals surface area contributed by atoms with Gasteiger partial charge in [-0.1, -0.05) is 96.7 Å². The quantitative estimate of drug-likeness (QED) is 0.214. The van der Waals surface area contributed by atoms with Crippen molar-refractivity contribution in [3.05, 3.63) is 115 Å². The molecule has 0 saturated carbocycles. The molecule has 6 aromatic carbocycles. The smallest absolute Gasteiger partial charge is 0.235 e. The van der Waals surface area contributed by atoms with Gasteiger partial charge < -0.3 is 0 Å². The summed E-state index contributed by atoms with van der Waals surface area (Å²) in [7, 11) is 0. The Labute approximate surface area is 233 Å². The Bertz CT molecular complexity index is 2420. The van der Waals surface area contributed by atoms with Crippen LogP contribution in [0.4, 0.5) is 0 Å². The van der Waals surface area contributed by atoms with Gasteiger partial charge >= 0.3 is 0 Å². The molecular formula is C36H19N3S. The van der Waals surface area contributed by atoms with E-state index in [0.29, 0.717) is 5.95 Å². The van der Waals surface area contributed by atoms with Gasteiger partial charge in [0.2, 0.25) is 5.95 Å². The fourth-order valence-corrected chi connectivity index (χ4v) is 8.04. The summed E-state index contributed by atoms with van der Waals surface area (Å²) >= 11 is 1.80. The van der Waals surface area contributed by atoms with Crippen LogP contribution in [0.5, 0.6) is 0 Å². The zero-order valence-electron chi connectivity index (χ0n) is 21.2. The minimum Gasteiger partial charge on any atom is -0.278 e. The second-order valence-corrected chi connectivity index (χ2v) is 11.6. The number of benzene rings is 6. The van der Waals surface area contributed by atoms with E-state index in [0.717, 1.165) is 27.6 Å². The Morgan fingerprint density at radius 3 is 2.10 bits per heavy atom. The average molecular weight is 526 g/mol. The van der Waals surface area contributed by atoms with Crippen molar-refractivity contribution in [3.63, 3.8) is 0 Å². The van der Waals surface area contributed by atoms with Crippen molar-refractivity contribution in [2.24, 2.45) is 0 Å². The number of hydrogen-bond acceptors (Lipinski definition) is 3. The van der Waals surface area contributed by atoms with Crippen LogP contribution >= 0.6 is 11.8 Å². The summed E-state index contributed by atoms with van der Waals surface area (Å²) in [5.74, 6) is 0.710. The van der Waals surface area contributed by atoms with Crippen LogP contribution in [-0.4, -0.2) is 14.5 Å². The maximum Gasteiger partial charge on any atom is 0.235 e. The van der Waals surface area contributed by atoms with Crippen molar-refractivity contribution in [1.29, 1.82) is 0 Å². The summed E-state index contributed by atoms with van der Waals surface area (Å²) in [4.78, 5) is 13.0. The highest BCUT2D eigenvalue weighted by atomic mass is 32.2. The van der Waals surface area contributed by atoms with Crippen molar-refractivity contribution in [2.45, 2.75) is 9.79 Å². The number of fused-ring (bicyclic) bond motifs is 9. The first-order valence-corrected chi connectivity index (χ1v) is 14.3. The van der Waals surface area contributed by atoms with Crippen LogP contribution in [-0.2, 0) is 0 Å². The lowest BCUT2D eigenvalue weighted by Crippen LogP contribution is -2.05. The molecule has 0 saturated heterocycles. The van der Waals surface area contributed by atoms with Crippen LogP contribution < -0.4 is 0 Å². The molecule has 40 heavy (non-hydrogen) atoms. The number of hydrogen-bond donors (Lipinski definition) is 0. The Hall–Kier alpha value is -4.93. The monoisotopic (exact) mass is 525 g/mol. The normalized spacial score (nSPS) is 12.9. The summed E-state index contributed by atoms with van der Waals surface area (Å²) in [6, 6.07) is 41.5. The minimum absolute atomic E-state index is 0.710. The third-order valence-electron chi connectivity index (χ3n) is 8.54. The molecule has 2 aromatic heterocycles. The van der Waals surface area contributed by atoms with Crippen molar-refractivity contribution in [1.82, 2.24) is 14.5 Å². The molecule has 1 aliphatic carbocycles. The molecule has 0 unspecified atom stereocenters. The first-order valence-electron chi connectivity index (χ1n) is 13.5. The number of para-hydroxylation sites is 1. The summed E-state index contributed by atoms with van der Waals surface area (Å²) in [6.07, 6.45) is 0. The van der Waals surface area contributed by atoms with E-state index in [4.69, 9.17) is 9.97 Å². The fraction of sp³-hybridized carbons (Fsp3) is 0. The number of nitrogens with zero attached hydrogens (tertiary/aromatic N) is 3. The second kappa shape index (κ2) is 7.38. The van der Waals surface area contributed by atoms with E-state index >= 15 is 0 Å². The predicted octanol–water partition coefficient (Wildman–Crippen LogP) is 9.66. The van der Waals surface area contributed by atoms with Gasteiger partial charge in [0.1, 0.15) is 0 Å². The van der Waals surface area contributed by atoms with E-state index in [-0.39, 0.29) is 0 Å². The van der Waals surface area contributed by atoms with Gasteiger partial charge in [-0.05, 0) is 63.4 Å². The SMILES string of the molecule is c1ccc2c(c1)Sc1cccc3nc(-n4c5ccccc5c5c6cccc7c6c(cc54)-c4ccccc4-7)nc-2c13. The molecule has 10 rings (SSSR count). The van der Waals surface area contributed by atoms with Gasteiger partial charge in [0, 0.05) is 31.5 Å². The first kappa shape index (κ1) is 21.0. The van der Waals surface area contributed by atoms with Gasteiger partial charge in [-0.25, -0.2) is 9.97 Å². The van der Waals surface area contributed by atoms with Crippen molar-refractivity contribution < 1.29 is 0 Å². The molecule has 0 spiro atoms. The zero-order valence-corrected chi connectivity index (χ0v) is 22.0. The van der Waals surface area contributed by atoms with Gasteiger partial charge in [0.05, 0.1) is 22.2 Å². The third kappa shape index (κ3) is 2.52. The molecule has 0 atom stereocenters. The van der Waals surface area contributed by atoms with E-state index in [2.05, 4.69) is 120 Å². The highest BCUT2D eigenvalue weighted by Crippen LogP contribution is 2.51. The van der Waals surface area contributed by atoms with E-state index in [1.807, 2.05) is 0 Å². The molecule has 3 heterocycles. The molecule has 2 aliphatic rings. The van der Waals surface area contributed by atoms with E-state index in [9.17, 15) is 0 Å². The van der Waals surface area contributed by atoms with Gasteiger partial charge in [-0.15, -0.1) is 0 Å². The summed E-state index contributed by atoms with van der Waals surface area (Å²) < 4.78 is 2.28. The van der Waals surface area contributed by atoms with Crippen molar-refractivity contribution in [2.75, 3.05) is 0 Å². The summed E-state index contributed by atoms with van der Waals surface area (Å²) in [5, 5.41) is 6.23. The molecule has 4 heteroatoms. The lowest BCUT2D eigenvalue weighted by molar-refractivity contribution is 1.01. The molecule has 3 nitrogen and oxygen atoms in total. The van der Waals surface area contributed by atoms with Gasteiger partial charge in [-0.3, -0.25) is 4.57 Å². The molecule has 184 valence electrons. The first-order chi connectivity index (χ1) is 19.8. The van der Waals surface area contributed by atoms with Crippen molar-refractivity contribution in [3.8, 4) is 39.5 Å². The predicted molar refractivity (Wildman–Crippen MR) is 165 cm³/mol. The molecule has 0 radical (unpaired) electrons. The number of aromatic nitrogens is 3. The molecular weight excluding hydrogens is 506 g/mol. The van der Waals surface area contributed by atoms with Crippen molar-refractivity contribution >= 4 is 55.2 Å². The lowest BCUT2D eigenvalue weighted by atomic mass is 9.98. The highest BCUT2D eigenvalue weighted by Gasteiger charge is 2.27. The largest absolute Gasteiger partial charge is 0.278 e. The molecule has 0 fully saturated rings. The van der Waals surface area contributed by atoms with Crippen LogP contribution in [0.1, 0.15) is 0 Å². The molecule has 1 aliphatic heterocycles. The van der Waals surface area contributed by atoms with Crippen LogP contribution in [0.15, 0.2) is 125 Å². The Morgan fingerprint density at radius 2 is 1.18 bits per heavy atom. The molecule has 8 aromatic rings. The maximum atomic E-state index is 5.35. The molecule has 0 amide bonds. The Balaban J connectivity index is 1.39. The third-order valence-corrected chi connectivity index (χ3v) is 9.67. The molecule has 0 N–H and O–H groups in total. The Morgan fingerprint density at radius 1 is 0.475 bits per heavy atom. The van der Waals surface area contributed by atoms with Gasteiger partial charge in [0.15, 0.2) is 0 Å². The maximum absolute atomic E-state index is 5.35. The highest BCUT2D eigenvalue weighted by molar-refractivity contribution is 7.99. The molecule has 0 bridgehead atoms. The van der Waals surface area contributed by atoms with E-state index in [1.165, 1.54) is 59.2 Å². The average Bonchev–Trinajstić information content (AvgIpc) is 3.51. The van der Waals surface area contributed by atoms with Crippen LogP contribution in [0, 0.1) is 0 Å². The van der Waals surface area contributed by atoms with E-state index < -0.39 is 0 Å². The summed E-state index contributed by atoms with van der Waals surface area (Å²) in [6.45, 7) is 0. The van der Waals surface area contributed by atoms with Gasteiger partial charge in [0.25, 0.3) is 0 Å². The second-order valence-electron chi connectivity index (χ2n) is 10.6. The van der Waals surface area contributed by atoms with Crippen LogP contribution in [0.25, 0.3) is 82.9 Å². The topological polar surface area (TPSA) is 30.7 Å². The van der Waals surface area contributed by atoms with Crippen LogP contribution in [0.2, 0.25) is 0 Å². The van der Waals surface area contributed by atoms with Gasteiger partial charge in [-0.2, -0.15) is 0 Å². The van der Waals surface area contributed by atoms with E-state index in [1.54, 1.807) is 11.8 Å². The lowest BCUT2D eigenvalue weighted by Gasteiger charge is -2.20. The number of rotatable bonds is 1. The van der Waals surface area contributed by atoms with Crippen LogP contribution in [0.3, 0.4) is 0 Å². The fourth-order valence-electron chi connectivity index (χ4n) is 6.93. The minimum atomic E-state index is 0.710. The Kier molecular flexibility index (Phi) is 3.87. The zero-order chi connectivity index (χ0) is 25.9.